The number of benzene rings is 16. The molecule has 0 fully saturated rings. The van der Waals surface area contributed by atoms with Gasteiger partial charge in [0.25, 0.3) is 0 Å². The van der Waals surface area contributed by atoms with Crippen LogP contribution in [0.15, 0.2) is 400 Å². The van der Waals surface area contributed by atoms with E-state index in [0.29, 0.717) is 0 Å². The Hall–Kier alpha value is -13.2. The monoisotopic (exact) mass is 1390 g/mol. The summed E-state index contributed by atoms with van der Waals surface area (Å²) in [5, 5.41) is 2.55. The van der Waals surface area contributed by atoms with Crippen molar-refractivity contribution < 1.29 is 0 Å². The van der Waals surface area contributed by atoms with Crippen LogP contribution in [-0.4, -0.2) is 21.1 Å². The van der Waals surface area contributed by atoms with Crippen molar-refractivity contribution in [2.24, 2.45) is 0 Å². The van der Waals surface area contributed by atoms with E-state index < -0.39 is 0 Å². The molecule has 0 unspecified atom stereocenters. The van der Waals surface area contributed by atoms with Gasteiger partial charge in [-0.2, -0.15) is 0 Å². The van der Waals surface area contributed by atoms with Gasteiger partial charge in [0.05, 0.1) is 0 Å². The summed E-state index contributed by atoms with van der Waals surface area (Å²) in [6.45, 7) is 9.33. The Morgan fingerprint density at radius 3 is 0.935 bits per heavy atom. The molecular formula is C103H87N5. The highest BCUT2D eigenvalue weighted by atomic mass is 15.2. The summed E-state index contributed by atoms with van der Waals surface area (Å²) >= 11 is 0. The Balaban J connectivity index is 0.000000126. The second-order valence-electron chi connectivity index (χ2n) is 29.1. The fraction of sp³-hybridized carbons (Fsp3) is 0.0874. The fourth-order valence-corrected chi connectivity index (χ4v) is 15.8. The Bertz CT molecular complexity index is 5670. The van der Waals surface area contributed by atoms with Gasteiger partial charge in [-0.3, -0.25) is 0 Å². The molecule has 5 nitrogen and oxygen atoms in total. The fourth-order valence-electron chi connectivity index (χ4n) is 15.8. The van der Waals surface area contributed by atoms with Crippen molar-refractivity contribution in [3.05, 3.63) is 423 Å². The van der Waals surface area contributed by atoms with Crippen molar-refractivity contribution >= 4 is 79.0 Å². The molecule has 524 valence electrons. The van der Waals surface area contributed by atoms with Crippen LogP contribution in [0, 0.1) is 0 Å². The Kier molecular flexibility index (Phi) is 19.3. The van der Waals surface area contributed by atoms with Gasteiger partial charge < -0.3 is 24.5 Å². The molecule has 0 amide bonds. The SMILES string of the molecule is CN(c1ccc(-c2ccc(N(c3ccccc3)c3ccccc3)cc2)cc1)c1ccc2c(c1)C(C)(C)c1ccccc1-2.CN(c1ccc(-c2ccccc2)cc1)c1ccc(-c2ccc(N(c3ccccc3)c3ccccc3)cc2)cc1.CN(c1ccc2ccccc2c1)c1cccc2c1-c1ccccc1C2(C)C. The van der Waals surface area contributed by atoms with Crippen molar-refractivity contribution in [1.82, 2.24) is 0 Å². The molecule has 0 saturated heterocycles. The minimum Gasteiger partial charge on any atom is -0.345 e. The summed E-state index contributed by atoms with van der Waals surface area (Å²) < 4.78 is 0. The molecule has 0 aliphatic heterocycles. The van der Waals surface area contributed by atoms with Crippen LogP contribution in [0.4, 0.5) is 68.2 Å². The van der Waals surface area contributed by atoms with E-state index in [4.69, 9.17) is 0 Å². The minimum absolute atomic E-state index is 0.00457. The predicted molar refractivity (Wildman–Crippen MR) is 461 cm³/mol. The van der Waals surface area contributed by atoms with Crippen molar-refractivity contribution in [2.75, 3.05) is 45.6 Å². The maximum atomic E-state index is 2.37. The number of rotatable bonds is 15. The van der Waals surface area contributed by atoms with Crippen LogP contribution >= 0.6 is 0 Å². The molecule has 2 aliphatic carbocycles. The third-order valence-electron chi connectivity index (χ3n) is 21.9. The lowest BCUT2D eigenvalue weighted by atomic mass is 9.82. The number of anilines is 12. The number of hydrogen-bond acceptors (Lipinski definition) is 5. The van der Waals surface area contributed by atoms with Gasteiger partial charge in [0.2, 0.25) is 0 Å². The highest BCUT2D eigenvalue weighted by Gasteiger charge is 2.38. The lowest BCUT2D eigenvalue weighted by Crippen LogP contribution is -2.16. The van der Waals surface area contributed by atoms with Gasteiger partial charge >= 0.3 is 0 Å². The van der Waals surface area contributed by atoms with Gasteiger partial charge in [0, 0.05) is 106 Å². The lowest BCUT2D eigenvalue weighted by molar-refractivity contribution is 0.660. The van der Waals surface area contributed by atoms with Gasteiger partial charge in [0.1, 0.15) is 0 Å². The zero-order valence-corrected chi connectivity index (χ0v) is 62.3. The summed E-state index contributed by atoms with van der Waals surface area (Å²) in [6, 6.07) is 143. The first-order valence-corrected chi connectivity index (χ1v) is 37.4. The van der Waals surface area contributed by atoms with Crippen molar-refractivity contribution in [2.45, 2.75) is 38.5 Å². The lowest BCUT2D eigenvalue weighted by Gasteiger charge is -2.25. The average Bonchev–Trinajstić information content (AvgIpc) is 1.58. The number of nitrogens with zero attached hydrogens (tertiary/aromatic N) is 5. The van der Waals surface area contributed by atoms with Crippen molar-refractivity contribution in [1.29, 1.82) is 0 Å². The van der Waals surface area contributed by atoms with Gasteiger partial charge in [-0.25, -0.2) is 0 Å². The first-order valence-electron chi connectivity index (χ1n) is 37.4. The molecule has 18 rings (SSSR count). The Morgan fingerprint density at radius 1 is 0.185 bits per heavy atom. The van der Waals surface area contributed by atoms with Crippen LogP contribution in [-0.2, 0) is 10.8 Å². The predicted octanol–water partition coefficient (Wildman–Crippen LogP) is 28.1. The summed E-state index contributed by atoms with van der Waals surface area (Å²) in [7, 11) is 6.44. The van der Waals surface area contributed by atoms with Gasteiger partial charge in [0.15, 0.2) is 0 Å². The van der Waals surface area contributed by atoms with E-state index in [2.05, 4.69) is 468 Å². The maximum Gasteiger partial charge on any atom is 0.0491 e. The van der Waals surface area contributed by atoms with Crippen molar-refractivity contribution in [3.63, 3.8) is 0 Å². The van der Waals surface area contributed by atoms with Crippen molar-refractivity contribution in [3.8, 4) is 55.6 Å². The molecule has 0 aromatic heterocycles. The van der Waals surface area contributed by atoms with Gasteiger partial charge in [-0.1, -0.05) is 289 Å². The second kappa shape index (κ2) is 30.1. The van der Waals surface area contributed by atoms with Crippen LogP contribution in [0.25, 0.3) is 66.4 Å². The topological polar surface area (TPSA) is 16.2 Å². The van der Waals surface area contributed by atoms with E-state index in [9.17, 15) is 0 Å². The molecule has 2 aliphatic rings. The molecule has 0 saturated carbocycles. The Morgan fingerprint density at radius 2 is 0.481 bits per heavy atom. The molecule has 0 heterocycles. The minimum atomic E-state index is -0.00457. The standard InChI is InChI=1S/C40H34N2.C37H30N2.C26H23N/c1-40(2)38-17-11-10-16-36(38)37-27-26-35(28-39(37)40)41(3)31-22-18-29(19-23-31)30-20-24-34(25-21-30)42(32-12-6-4-7-13-32)33-14-8-5-9-15-33;1-38(33-23-17-30(18-24-33)29-11-5-2-6-12-29)34-25-19-31(20-26-34)32-21-27-37(28-22-32)39(35-13-7-3-8-14-35)36-15-9-4-10-16-36;1-26(2)22-12-7-6-11-21(22)25-23(26)13-8-14-24(25)27(3)20-16-15-18-9-4-5-10-19(18)17-20/h4-28H,1-3H3;2-28H,1H3;4-17H,1-3H3. The molecule has 16 aromatic rings. The molecule has 0 bridgehead atoms. The zero-order valence-electron chi connectivity index (χ0n) is 62.3. The van der Waals surface area contributed by atoms with Crippen LogP contribution in [0.5, 0.6) is 0 Å². The number of fused-ring (bicyclic) bond motifs is 7. The van der Waals surface area contributed by atoms with E-state index in [0.717, 1.165) is 45.5 Å². The quantitative estimate of drug-likeness (QED) is 0.101. The zero-order chi connectivity index (χ0) is 73.7. The molecular weight excluding hydrogens is 1310 g/mol. The molecule has 0 N–H and O–H groups in total. The Labute approximate surface area is 637 Å². The molecule has 0 radical (unpaired) electrons. The van der Waals surface area contributed by atoms with Crippen LogP contribution in [0.3, 0.4) is 0 Å². The van der Waals surface area contributed by atoms with Crippen LogP contribution in [0.2, 0.25) is 0 Å². The molecule has 0 spiro atoms. The number of para-hydroxylation sites is 4. The van der Waals surface area contributed by atoms with Gasteiger partial charge in [-0.15, -0.1) is 0 Å². The highest BCUT2D eigenvalue weighted by Crippen LogP contribution is 2.54. The molecule has 108 heavy (non-hydrogen) atoms. The third-order valence-corrected chi connectivity index (χ3v) is 21.9. The summed E-state index contributed by atoms with van der Waals surface area (Å²) in [5.74, 6) is 0. The summed E-state index contributed by atoms with van der Waals surface area (Å²) in [5.41, 5.74) is 32.3. The average molecular weight is 1390 g/mol. The first kappa shape index (κ1) is 69.2. The molecule has 5 heteroatoms. The molecule has 16 aromatic carbocycles. The van der Waals surface area contributed by atoms with E-state index in [-0.39, 0.29) is 10.8 Å². The first-order chi connectivity index (χ1) is 52.8. The number of hydrogen-bond donors (Lipinski definition) is 0. The normalized spacial score (nSPS) is 12.4. The van der Waals surface area contributed by atoms with Gasteiger partial charge in [-0.05, 0) is 223 Å². The van der Waals surface area contributed by atoms with Crippen LogP contribution in [0.1, 0.15) is 49.9 Å². The van der Waals surface area contributed by atoms with E-state index >= 15 is 0 Å². The highest BCUT2D eigenvalue weighted by molar-refractivity contribution is 5.94. The third kappa shape index (κ3) is 13.8. The van der Waals surface area contributed by atoms with E-state index in [1.165, 1.54) is 111 Å². The van der Waals surface area contributed by atoms with E-state index in [1.54, 1.807) is 0 Å². The summed E-state index contributed by atoms with van der Waals surface area (Å²) in [4.78, 5) is 11.4. The summed E-state index contributed by atoms with van der Waals surface area (Å²) in [6.07, 6.45) is 0. The smallest absolute Gasteiger partial charge is 0.0491 e. The largest absolute Gasteiger partial charge is 0.345 e. The molecule has 0 atom stereocenters. The maximum absolute atomic E-state index is 2.37. The van der Waals surface area contributed by atoms with Crippen LogP contribution < -0.4 is 24.5 Å². The van der Waals surface area contributed by atoms with E-state index in [1.807, 2.05) is 6.07 Å². The second-order valence-corrected chi connectivity index (χ2v) is 29.1.